The second-order valence-electron chi connectivity index (χ2n) is 7.34. The first-order chi connectivity index (χ1) is 14.4. The molecule has 0 saturated heterocycles. The van der Waals surface area contributed by atoms with Gasteiger partial charge in [-0.1, -0.05) is 53.7 Å². The number of benzene rings is 2. The van der Waals surface area contributed by atoms with Crippen LogP contribution in [0.1, 0.15) is 23.6 Å². The molecule has 0 aliphatic heterocycles. The maximum Gasteiger partial charge on any atom is 0.237 e. The number of hydrogen-bond donors (Lipinski definition) is 1. The first-order valence-corrected chi connectivity index (χ1v) is 10.8. The van der Waals surface area contributed by atoms with Crippen molar-refractivity contribution < 1.29 is 9.53 Å². The van der Waals surface area contributed by atoms with Crippen LogP contribution in [0.2, 0.25) is 0 Å². The zero-order chi connectivity index (χ0) is 21.7. The van der Waals surface area contributed by atoms with E-state index in [2.05, 4.69) is 34.6 Å². The summed E-state index contributed by atoms with van der Waals surface area (Å²) in [6, 6.07) is 14.1. The largest absolute Gasteiger partial charge is 0.383 e. The summed E-state index contributed by atoms with van der Waals surface area (Å²) in [5.74, 6) is 0.719. The fourth-order valence-electron chi connectivity index (χ4n) is 3.21. The maximum absolute atomic E-state index is 12.9. The van der Waals surface area contributed by atoms with E-state index < -0.39 is 0 Å². The number of nitrogens with zero attached hydrogens (tertiary/aromatic N) is 3. The molecule has 0 aliphatic carbocycles. The zero-order valence-corrected chi connectivity index (χ0v) is 18.9. The average Bonchev–Trinajstić information content (AvgIpc) is 3.11. The third-order valence-corrected chi connectivity index (χ3v) is 5.97. The zero-order valence-electron chi connectivity index (χ0n) is 18.1. The third kappa shape index (κ3) is 5.09. The fraction of sp³-hybridized carbons (Fsp3) is 0.348. The van der Waals surface area contributed by atoms with Crippen molar-refractivity contribution in [2.45, 2.75) is 44.6 Å². The van der Waals surface area contributed by atoms with Gasteiger partial charge in [-0.2, -0.15) is 0 Å². The standard InChI is InChI=1S/C23H28N4O2S/c1-15-8-6-11-19(14-15)21-25-26-23(27(21)12-13-29-5)30-18(4)22(28)24-20-16(2)9-7-10-17(20)3/h6-11,14,18H,12-13H2,1-5H3,(H,24,28)/t18-/m0/s1. The molecule has 0 spiro atoms. The molecule has 3 aromatic rings. The summed E-state index contributed by atoms with van der Waals surface area (Å²) < 4.78 is 7.30. The van der Waals surface area contributed by atoms with E-state index in [-0.39, 0.29) is 11.2 Å². The van der Waals surface area contributed by atoms with Crippen molar-refractivity contribution in [3.8, 4) is 11.4 Å². The number of ether oxygens (including phenoxy) is 1. The van der Waals surface area contributed by atoms with Crippen LogP contribution in [0.25, 0.3) is 11.4 Å². The van der Waals surface area contributed by atoms with Crippen LogP contribution in [0.3, 0.4) is 0 Å². The van der Waals surface area contributed by atoms with Crippen LogP contribution < -0.4 is 5.32 Å². The number of carbonyl (C=O) groups is 1. The molecular weight excluding hydrogens is 396 g/mol. The molecule has 0 radical (unpaired) electrons. The molecule has 1 heterocycles. The van der Waals surface area contributed by atoms with E-state index >= 15 is 0 Å². The Labute approximate surface area is 182 Å². The van der Waals surface area contributed by atoms with Crippen molar-refractivity contribution in [2.24, 2.45) is 0 Å². The van der Waals surface area contributed by atoms with Gasteiger partial charge in [0, 0.05) is 18.4 Å². The molecule has 2 aromatic carbocycles. The Hall–Kier alpha value is -2.64. The maximum atomic E-state index is 12.9. The normalized spacial score (nSPS) is 12.0. The Kier molecular flexibility index (Phi) is 7.29. The summed E-state index contributed by atoms with van der Waals surface area (Å²) in [6.45, 7) is 9.07. The predicted molar refractivity (Wildman–Crippen MR) is 122 cm³/mol. The number of aromatic nitrogens is 3. The van der Waals surface area contributed by atoms with E-state index in [4.69, 9.17) is 4.74 Å². The Morgan fingerprint density at radius 3 is 2.50 bits per heavy atom. The number of hydrogen-bond acceptors (Lipinski definition) is 5. The van der Waals surface area contributed by atoms with E-state index in [9.17, 15) is 4.79 Å². The van der Waals surface area contributed by atoms with Crippen LogP contribution in [0.5, 0.6) is 0 Å². The number of rotatable bonds is 8. The molecule has 30 heavy (non-hydrogen) atoms. The number of carbonyl (C=O) groups excluding carboxylic acids is 1. The number of aryl methyl sites for hydroxylation is 3. The van der Waals surface area contributed by atoms with Crippen LogP contribution in [0, 0.1) is 20.8 Å². The highest BCUT2D eigenvalue weighted by Crippen LogP contribution is 2.28. The highest BCUT2D eigenvalue weighted by atomic mass is 32.2. The minimum atomic E-state index is -0.333. The highest BCUT2D eigenvalue weighted by Gasteiger charge is 2.21. The van der Waals surface area contributed by atoms with Gasteiger partial charge in [0.1, 0.15) is 0 Å². The molecule has 7 heteroatoms. The van der Waals surface area contributed by atoms with Crippen LogP contribution in [0.4, 0.5) is 5.69 Å². The van der Waals surface area contributed by atoms with Gasteiger partial charge in [-0.3, -0.25) is 9.36 Å². The monoisotopic (exact) mass is 424 g/mol. The van der Waals surface area contributed by atoms with Gasteiger partial charge in [-0.25, -0.2) is 0 Å². The summed E-state index contributed by atoms with van der Waals surface area (Å²) in [5, 5.41) is 12.2. The molecule has 1 N–H and O–H groups in total. The van der Waals surface area contributed by atoms with Crippen LogP contribution in [0.15, 0.2) is 47.6 Å². The van der Waals surface area contributed by atoms with E-state index in [0.717, 1.165) is 33.8 Å². The second kappa shape index (κ2) is 9.91. The lowest BCUT2D eigenvalue weighted by Crippen LogP contribution is -2.24. The highest BCUT2D eigenvalue weighted by molar-refractivity contribution is 8.00. The molecule has 3 rings (SSSR count). The van der Waals surface area contributed by atoms with Crippen LogP contribution in [-0.4, -0.2) is 39.6 Å². The van der Waals surface area contributed by atoms with Crippen molar-refractivity contribution >= 4 is 23.4 Å². The summed E-state index contributed by atoms with van der Waals surface area (Å²) in [4.78, 5) is 12.9. The molecule has 0 aliphatic rings. The first kappa shape index (κ1) is 22.1. The van der Waals surface area contributed by atoms with Gasteiger partial charge in [-0.05, 0) is 44.9 Å². The van der Waals surface area contributed by atoms with Crippen molar-refractivity contribution in [1.29, 1.82) is 0 Å². The summed E-state index contributed by atoms with van der Waals surface area (Å²) >= 11 is 1.40. The number of amides is 1. The van der Waals surface area contributed by atoms with Crippen molar-refractivity contribution in [3.05, 3.63) is 59.2 Å². The quantitative estimate of drug-likeness (QED) is 0.534. The molecule has 158 valence electrons. The topological polar surface area (TPSA) is 69.0 Å². The Morgan fingerprint density at radius 1 is 1.13 bits per heavy atom. The Balaban J connectivity index is 1.82. The van der Waals surface area contributed by atoms with E-state index in [1.165, 1.54) is 11.8 Å². The lowest BCUT2D eigenvalue weighted by Gasteiger charge is -2.16. The van der Waals surface area contributed by atoms with Crippen LogP contribution in [-0.2, 0) is 16.1 Å². The number of methoxy groups -OCH3 is 1. The Bertz CT molecular complexity index is 1010. The lowest BCUT2D eigenvalue weighted by atomic mass is 10.1. The lowest BCUT2D eigenvalue weighted by molar-refractivity contribution is -0.115. The number of thioether (sulfide) groups is 1. The predicted octanol–water partition coefficient (Wildman–Crippen LogP) is 4.64. The minimum absolute atomic E-state index is 0.0594. The SMILES string of the molecule is COCCn1c(S[C@@H](C)C(=O)Nc2c(C)cccc2C)nnc1-c1cccc(C)c1. The number of para-hydroxylation sites is 1. The van der Waals surface area contributed by atoms with Gasteiger partial charge < -0.3 is 10.1 Å². The van der Waals surface area contributed by atoms with Crippen molar-refractivity contribution in [3.63, 3.8) is 0 Å². The summed E-state index contributed by atoms with van der Waals surface area (Å²) in [6.07, 6.45) is 0. The number of anilines is 1. The molecule has 1 atom stereocenters. The van der Waals surface area contributed by atoms with Crippen molar-refractivity contribution in [2.75, 3.05) is 19.0 Å². The Morgan fingerprint density at radius 2 is 1.83 bits per heavy atom. The third-order valence-electron chi connectivity index (χ3n) is 4.89. The molecule has 1 aromatic heterocycles. The molecule has 0 unspecified atom stereocenters. The van der Waals surface area contributed by atoms with Gasteiger partial charge in [0.2, 0.25) is 5.91 Å². The van der Waals surface area contributed by atoms with E-state index in [1.807, 2.05) is 55.7 Å². The molecule has 0 bridgehead atoms. The summed E-state index contributed by atoms with van der Waals surface area (Å²) in [7, 11) is 1.67. The molecule has 0 saturated carbocycles. The molecule has 0 fully saturated rings. The van der Waals surface area contributed by atoms with Gasteiger partial charge in [-0.15, -0.1) is 10.2 Å². The van der Waals surface area contributed by atoms with Gasteiger partial charge in [0.25, 0.3) is 0 Å². The molecule has 6 nitrogen and oxygen atoms in total. The number of nitrogens with one attached hydrogen (secondary N) is 1. The summed E-state index contributed by atoms with van der Waals surface area (Å²) in [5.41, 5.74) is 5.12. The first-order valence-electron chi connectivity index (χ1n) is 9.93. The van der Waals surface area contributed by atoms with Gasteiger partial charge in [0.05, 0.1) is 18.4 Å². The van der Waals surface area contributed by atoms with Crippen molar-refractivity contribution in [1.82, 2.24) is 14.8 Å². The van der Waals surface area contributed by atoms with Gasteiger partial charge >= 0.3 is 0 Å². The van der Waals surface area contributed by atoms with Gasteiger partial charge in [0.15, 0.2) is 11.0 Å². The molecular formula is C23H28N4O2S. The van der Waals surface area contributed by atoms with E-state index in [1.54, 1.807) is 7.11 Å². The minimum Gasteiger partial charge on any atom is -0.383 e. The average molecular weight is 425 g/mol. The van der Waals surface area contributed by atoms with E-state index in [0.29, 0.717) is 18.3 Å². The smallest absolute Gasteiger partial charge is 0.237 e. The molecule has 1 amide bonds. The van der Waals surface area contributed by atoms with Crippen LogP contribution >= 0.6 is 11.8 Å². The second-order valence-corrected chi connectivity index (χ2v) is 8.64. The fourth-order valence-corrected chi connectivity index (χ4v) is 4.08.